The third kappa shape index (κ3) is 88.8. The maximum Gasteiger partial charge on any atom is 0.326 e. The normalized spacial score (nSPS) is 12.2. The molecule has 0 aliphatic rings. The van der Waals surface area contributed by atoms with Gasteiger partial charge in [-0.3, -0.25) is 43.2 Å². The first-order chi connectivity index (χ1) is 66.8. The lowest BCUT2D eigenvalue weighted by atomic mass is 10.0. The maximum atomic E-state index is 13.9. The Hall–Kier alpha value is -4.62. The van der Waals surface area contributed by atoms with E-state index in [2.05, 4.69) is 95.2 Å². The molecule has 0 N–H and O–H groups in total. The van der Waals surface area contributed by atoms with Crippen molar-refractivity contribution >= 4 is 86.8 Å². The largest absolute Gasteiger partial charge is 0.461 e. The van der Waals surface area contributed by atoms with Crippen molar-refractivity contribution in [1.82, 2.24) is 29.4 Å². The van der Waals surface area contributed by atoms with Crippen molar-refractivity contribution in [2.24, 2.45) is 0 Å². The molecule has 0 aromatic carbocycles. The zero-order valence-corrected chi connectivity index (χ0v) is 92.6. The van der Waals surface area contributed by atoms with Gasteiger partial charge in [-0.15, -0.1) is 0 Å². The average Bonchev–Trinajstić information content (AvgIpc) is 0.897. The fourth-order valence-corrected chi connectivity index (χ4v) is 19.5. The van der Waals surface area contributed by atoms with Crippen LogP contribution in [0.25, 0.3) is 0 Å². The number of ether oxygens (including phenoxy) is 6. The first-order valence-corrected chi connectivity index (χ1v) is 59.6. The monoisotopic (exact) mass is 1990 g/mol. The molecule has 0 aromatic heterocycles. The standard InChI is InChI=1S/C113H210N6O15S3/c1-12-21-26-31-54-63-73-91-129-105(120)86-77-90-117(111(126)136-95-78-87-114(10)11)99-108(123)132-102(80-66-57-30-25-16-5)84-70-61-52-48-45-41-37-39-43-47-51-56-64-74-92-130-106(121)97-118(112(127)135-94-76-72-88-115(17-6)18-7)100-109(124)134-104(83-69-60-34-29-24-15-4)85-71-62-53-49-44-40-36-35-38-42-46-50-55-65-75-93-131-107(122)98-119(113(128)137-96-79-89-116(19-8)20-9)101-110(125)133-103(81-67-58-32-27-22-13-2)82-68-59-33-28-23-14-3/h63-65,73-75,102-104H,12-62,66-72,76-101H2,1-11H3/b73-63-,74-64-,75-65-. The Morgan fingerprint density at radius 1 is 0.234 bits per heavy atom. The predicted molar refractivity (Wildman–Crippen MR) is 581 cm³/mol. The molecule has 0 heterocycles. The van der Waals surface area contributed by atoms with Crippen molar-refractivity contribution < 1.29 is 71.6 Å². The van der Waals surface area contributed by atoms with E-state index >= 15 is 0 Å². The summed E-state index contributed by atoms with van der Waals surface area (Å²) in [6, 6.07) is 0. The molecule has 137 heavy (non-hydrogen) atoms. The third-order valence-corrected chi connectivity index (χ3v) is 28.8. The number of thioether (sulfide) groups is 3. The summed E-state index contributed by atoms with van der Waals surface area (Å²) in [6.45, 7) is 25.8. The fourth-order valence-electron chi connectivity index (χ4n) is 17.1. The molecular formula is C113H210N6O15S3. The van der Waals surface area contributed by atoms with Crippen LogP contribution >= 0.6 is 35.3 Å². The van der Waals surface area contributed by atoms with Crippen LogP contribution in [-0.4, -0.2) is 236 Å². The van der Waals surface area contributed by atoms with Crippen molar-refractivity contribution in [3.05, 3.63) is 36.5 Å². The Morgan fingerprint density at radius 2 is 0.474 bits per heavy atom. The first-order valence-electron chi connectivity index (χ1n) is 56.7. The minimum atomic E-state index is -0.540. The molecule has 0 aliphatic heterocycles. The van der Waals surface area contributed by atoms with E-state index in [0.29, 0.717) is 23.7 Å². The van der Waals surface area contributed by atoms with Gasteiger partial charge in [0, 0.05) is 30.2 Å². The van der Waals surface area contributed by atoms with E-state index in [4.69, 9.17) is 28.4 Å². The van der Waals surface area contributed by atoms with E-state index in [0.717, 1.165) is 263 Å². The van der Waals surface area contributed by atoms with Gasteiger partial charge in [-0.2, -0.15) is 0 Å². The SMILES string of the molecule is CCCCCC/C=C\COC(=O)CCCN(CC(=O)OC(CCCCCCC)CCCCCCCCCCCCC/C=C\COC(=O)CN(CC(=O)OC(CCCCCCCC)CCCCCCCCCCCCCC/C=C\COC(=O)CN(CC(=O)OC(CCCCCCCC)CCCCCCCC)C(=O)SCCCN(CC)CC)C(=O)SCCCCN(CC)CC)C(=O)SCCCN(C)C. The molecule has 0 radical (unpaired) electrons. The van der Waals surface area contributed by atoms with Gasteiger partial charge < -0.3 is 57.8 Å². The van der Waals surface area contributed by atoms with Gasteiger partial charge in [-0.05, 0) is 208 Å². The van der Waals surface area contributed by atoms with Crippen molar-refractivity contribution in [3.8, 4) is 0 Å². The summed E-state index contributed by atoms with van der Waals surface area (Å²) in [6.07, 6.45) is 81.1. The highest BCUT2D eigenvalue weighted by atomic mass is 32.2. The Balaban J connectivity index is 5.21. The zero-order valence-electron chi connectivity index (χ0n) is 90.1. The molecule has 24 heteroatoms. The number of hydrogen-bond acceptors (Lipinski definition) is 21. The lowest BCUT2D eigenvalue weighted by Crippen LogP contribution is -2.39. The molecule has 21 nitrogen and oxygen atoms in total. The van der Waals surface area contributed by atoms with E-state index < -0.39 is 23.9 Å². The Bertz CT molecular complexity index is 2910. The number of carbonyl (C=O) groups is 9. The number of hydrogen-bond donors (Lipinski definition) is 0. The second-order valence-electron chi connectivity index (χ2n) is 38.7. The van der Waals surface area contributed by atoms with E-state index in [9.17, 15) is 43.2 Å². The summed E-state index contributed by atoms with van der Waals surface area (Å²) in [5, 5.41) is -0.757. The van der Waals surface area contributed by atoms with Gasteiger partial charge in [0.1, 0.15) is 70.9 Å². The molecular weight excluding hydrogens is 1780 g/mol. The number of rotatable bonds is 101. The summed E-state index contributed by atoms with van der Waals surface area (Å²) in [7, 11) is 4.03. The topological polar surface area (TPSA) is 228 Å². The molecule has 0 aromatic rings. The van der Waals surface area contributed by atoms with Gasteiger partial charge >= 0.3 is 35.8 Å². The van der Waals surface area contributed by atoms with Gasteiger partial charge in [-0.25, -0.2) is 0 Å². The molecule has 3 amide bonds. The Kier molecular flexibility index (Phi) is 98.0. The van der Waals surface area contributed by atoms with Crippen molar-refractivity contribution in [2.75, 3.05) is 136 Å². The van der Waals surface area contributed by atoms with Crippen LogP contribution in [0.2, 0.25) is 0 Å². The molecule has 800 valence electrons. The van der Waals surface area contributed by atoms with Crippen LogP contribution in [0.5, 0.6) is 0 Å². The van der Waals surface area contributed by atoms with Gasteiger partial charge in [-0.1, -0.05) is 397 Å². The second kappa shape index (κ2) is 101. The third-order valence-electron chi connectivity index (χ3n) is 25.8. The number of esters is 6. The Labute approximate surface area is 853 Å². The molecule has 2 atom stereocenters. The highest BCUT2D eigenvalue weighted by molar-refractivity contribution is 8.14. The van der Waals surface area contributed by atoms with Gasteiger partial charge in [0.25, 0.3) is 15.7 Å². The first kappa shape index (κ1) is 132. The van der Waals surface area contributed by atoms with Gasteiger partial charge in [0.05, 0.1) is 0 Å². The van der Waals surface area contributed by atoms with Gasteiger partial charge in [0.2, 0.25) is 0 Å². The predicted octanol–water partition coefficient (Wildman–Crippen LogP) is 30.2. The quantitative estimate of drug-likeness (QED) is 0.0238. The molecule has 0 spiro atoms. The van der Waals surface area contributed by atoms with Crippen LogP contribution in [-0.2, 0) is 57.2 Å². The molecule has 0 fully saturated rings. The van der Waals surface area contributed by atoms with Crippen LogP contribution in [0.3, 0.4) is 0 Å². The van der Waals surface area contributed by atoms with Crippen LogP contribution in [0.15, 0.2) is 36.5 Å². The number of unbranched alkanes of at least 4 members (excludes halogenated alkanes) is 47. The van der Waals surface area contributed by atoms with Crippen LogP contribution in [0.4, 0.5) is 14.4 Å². The maximum absolute atomic E-state index is 13.9. The molecule has 0 saturated heterocycles. The second-order valence-corrected chi connectivity index (χ2v) is 41.8. The number of amides is 3. The van der Waals surface area contributed by atoms with Crippen LogP contribution < -0.4 is 0 Å². The van der Waals surface area contributed by atoms with Crippen molar-refractivity contribution in [3.63, 3.8) is 0 Å². The smallest absolute Gasteiger partial charge is 0.326 e. The minimum Gasteiger partial charge on any atom is -0.461 e. The molecule has 0 saturated carbocycles. The Morgan fingerprint density at radius 3 is 0.774 bits per heavy atom. The van der Waals surface area contributed by atoms with Crippen molar-refractivity contribution in [2.45, 2.75) is 498 Å². The van der Waals surface area contributed by atoms with E-state index in [1.54, 1.807) is 4.90 Å². The van der Waals surface area contributed by atoms with E-state index in [1.165, 1.54) is 232 Å². The summed E-state index contributed by atoms with van der Waals surface area (Å²) >= 11 is 3.56. The average molecular weight is 1990 g/mol. The minimum absolute atomic E-state index is 0.110. The highest BCUT2D eigenvalue weighted by Gasteiger charge is 2.28. The zero-order chi connectivity index (χ0) is 100. The number of nitrogens with zero attached hydrogens (tertiary/aromatic N) is 6. The fraction of sp³-hybridized carbons (Fsp3) is 0.867. The molecule has 0 bridgehead atoms. The summed E-state index contributed by atoms with van der Waals surface area (Å²) in [5.74, 6) is -0.808. The van der Waals surface area contributed by atoms with E-state index in [-0.39, 0.29) is 111 Å². The van der Waals surface area contributed by atoms with Crippen molar-refractivity contribution in [1.29, 1.82) is 0 Å². The molecule has 0 rings (SSSR count). The van der Waals surface area contributed by atoms with E-state index in [1.807, 2.05) is 32.3 Å². The highest BCUT2D eigenvalue weighted by Crippen LogP contribution is 2.26. The molecule has 2 unspecified atom stereocenters. The summed E-state index contributed by atoms with van der Waals surface area (Å²) < 4.78 is 35.2. The lowest BCUT2D eigenvalue weighted by molar-refractivity contribution is -0.153. The summed E-state index contributed by atoms with van der Waals surface area (Å²) in [5.41, 5.74) is 0. The number of allylic oxidation sites excluding steroid dienone is 3. The molecule has 0 aliphatic carbocycles. The van der Waals surface area contributed by atoms with Crippen LogP contribution in [0, 0.1) is 0 Å². The van der Waals surface area contributed by atoms with Gasteiger partial charge in [0.15, 0.2) is 0 Å². The lowest BCUT2D eigenvalue weighted by Gasteiger charge is -2.24. The van der Waals surface area contributed by atoms with Crippen LogP contribution in [0.1, 0.15) is 480 Å². The number of carbonyl (C=O) groups excluding carboxylic acids is 9. The summed E-state index contributed by atoms with van der Waals surface area (Å²) in [4.78, 5) is 132.